The zero-order valence-electron chi connectivity index (χ0n) is 20.9. The van der Waals surface area contributed by atoms with Gasteiger partial charge in [0, 0.05) is 27.4 Å². The van der Waals surface area contributed by atoms with Crippen LogP contribution in [0.5, 0.6) is 17.2 Å². The number of ether oxygens (including phenoxy) is 2. The normalized spacial score (nSPS) is 10.8. The molecule has 1 aromatic heterocycles. The third-order valence-corrected chi connectivity index (χ3v) is 6.54. The van der Waals surface area contributed by atoms with Crippen LogP contribution in [-0.4, -0.2) is 23.5 Å². The number of anilines is 1. The molecule has 0 aliphatic heterocycles. The van der Waals surface area contributed by atoms with E-state index in [1.807, 2.05) is 49.4 Å². The number of aromatic nitrogens is 1. The number of nitrogens with one attached hydrogen (secondary N) is 1. The first-order chi connectivity index (χ1) is 18.4. The van der Waals surface area contributed by atoms with Crippen molar-refractivity contribution in [3.8, 4) is 17.2 Å². The number of nitrogens with zero attached hydrogens (tertiary/aromatic N) is 1. The lowest BCUT2D eigenvalue weighted by Crippen LogP contribution is -2.16. The summed E-state index contributed by atoms with van der Waals surface area (Å²) in [6.07, 6.45) is 0.0820. The molecule has 0 saturated carbocycles. The Kier molecular flexibility index (Phi) is 7.15. The zero-order chi connectivity index (χ0) is 26.6. The molecule has 5 aromatic rings. The molecule has 4 aromatic carbocycles. The van der Waals surface area contributed by atoms with Gasteiger partial charge in [0.15, 0.2) is 0 Å². The molecule has 6 nitrogen and oxygen atoms in total. The Bertz CT molecular complexity index is 1610. The number of benzene rings is 4. The largest absolute Gasteiger partial charge is 0.497 e. The van der Waals surface area contributed by atoms with Crippen molar-refractivity contribution in [2.45, 2.75) is 13.3 Å². The van der Waals surface area contributed by atoms with Crippen LogP contribution in [0.3, 0.4) is 0 Å². The van der Waals surface area contributed by atoms with Crippen LogP contribution in [0.25, 0.3) is 10.9 Å². The Hall–Kier alpha value is -4.55. The van der Waals surface area contributed by atoms with Crippen molar-refractivity contribution in [3.05, 3.63) is 119 Å². The molecule has 5 rings (SSSR count). The Balaban J connectivity index is 1.40. The molecule has 0 radical (unpaired) electrons. The van der Waals surface area contributed by atoms with Gasteiger partial charge in [-0.1, -0.05) is 29.8 Å². The van der Waals surface area contributed by atoms with Gasteiger partial charge in [0.2, 0.25) is 5.91 Å². The van der Waals surface area contributed by atoms with Gasteiger partial charge in [-0.15, -0.1) is 0 Å². The lowest BCUT2D eigenvalue weighted by molar-refractivity contribution is -0.115. The number of amides is 1. The molecule has 1 N–H and O–H groups in total. The lowest BCUT2D eigenvalue weighted by atomic mass is 10.1. The van der Waals surface area contributed by atoms with E-state index >= 15 is 0 Å². The molecule has 0 saturated heterocycles. The van der Waals surface area contributed by atoms with Gasteiger partial charge in [-0.25, -0.2) is 0 Å². The van der Waals surface area contributed by atoms with Crippen molar-refractivity contribution >= 4 is 40.0 Å². The second-order valence-electron chi connectivity index (χ2n) is 8.76. The first kappa shape index (κ1) is 25.1. The monoisotopic (exact) mass is 524 g/mol. The molecule has 0 bridgehead atoms. The Morgan fingerprint density at radius 3 is 2.18 bits per heavy atom. The molecular formula is C31H25ClN2O4. The van der Waals surface area contributed by atoms with Crippen LogP contribution in [0.4, 0.5) is 5.69 Å². The highest BCUT2D eigenvalue weighted by atomic mass is 35.5. The summed E-state index contributed by atoms with van der Waals surface area (Å²) in [5.74, 6) is 1.64. The van der Waals surface area contributed by atoms with Crippen molar-refractivity contribution in [1.29, 1.82) is 0 Å². The smallest absolute Gasteiger partial charge is 0.262 e. The van der Waals surface area contributed by atoms with Crippen molar-refractivity contribution in [2.24, 2.45) is 0 Å². The highest BCUT2D eigenvalue weighted by Gasteiger charge is 2.22. The molecule has 0 aliphatic rings. The number of para-hydroxylation sites is 1. The number of fused-ring (bicyclic) bond motifs is 1. The summed E-state index contributed by atoms with van der Waals surface area (Å²) in [7, 11) is 1.58. The van der Waals surface area contributed by atoms with Gasteiger partial charge in [0.25, 0.3) is 5.91 Å². The summed E-state index contributed by atoms with van der Waals surface area (Å²) in [6, 6.07) is 28.9. The van der Waals surface area contributed by atoms with Gasteiger partial charge in [0.05, 0.1) is 19.0 Å². The summed E-state index contributed by atoms with van der Waals surface area (Å²) < 4.78 is 12.9. The van der Waals surface area contributed by atoms with Crippen molar-refractivity contribution in [1.82, 2.24) is 4.57 Å². The van der Waals surface area contributed by atoms with Crippen LogP contribution < -0.4 is 14.8 Å². The zero-order valence-corrected chi connectivity index (χ0v) is 21.7. The highest BCUT2D eigenvalue weighted by Crippen LogP contribution is 2.31. The number of rotatable bonds is 7. The van der Waals surface area contributed by atoms with Gasteiger partial charge in [-0.05, 0) is 91.3 Å². The van der Waals surface area contributed by atoms with Crippen LogP contribution in [0.15, 0.2) is 97.1 Å². The van der Waals surface area contributed by atoms with Gasteiger partial charge >= 0.3 is 0 Å². The van der Waals surface area contributed by atoms with Crippen molar-refractivity contribution in [2.75, 3.05) is 12.4 Å². The molecule has 190 valence electrons. The van der Waals surface area contributed by atoms with Crippen LogP contribution in [0.2, 0.25) is 5.02 Å². The first-order valence-corrected chi connectivity index (χ1v) is 12.4. The standard InChI is InChI=1S/C31H25ClN2O4/c1-20-27(19-30(35)33-23-12-14-25(15-13-23)38-24-6-4-3-5-7-24)28-18-26(37-2)16-17-29(28)34(20)31(36)21-8-10-22(32)11-9-21/h3-18H,19H2,1-2H3,(H,33,35). The SMILES string of the molecule is COc1ccc2c(c1)c(CC(=O)Nc1ccc(Oc3ccccc3)cc1)c(C)n2C(=O)c1ccc(Cl)cc1. The van der Waals surface area contributed by atoms with E-state index in [2.05, 4.69) is 5.32 Å². The predicted octanol–water partition coefficient (Wildman–Crippen LogP) is 7.27. The van der Waals surface area contributed by atoms with E-state index in [-0.39, 0.29) is 18.2 Å². The van der Waals surface area contributed by atoms with Crippen LogP contribution >= 0.6 is 11.6 Å². The van der Waals surface area contributed by atoms with Crippen LogP contribution in [0, 0.1) is 6.92 Å². The second kappa shape index (κ2) is 10.8. The van der Waals surface area contributed by atoms with E-state index < -0.39 is 0 Å². The number of carbonyl (C=O) groups is 2. The molecule has 0 spiro atoms. The van der Waals surface area contributed by atoms with E-state index in [0.29, 0.717) is 39.0 Å². The van der Waals surface area contributed by atoms with E-state index in [9.17, 15) is 9.59 Å². The quantitative estimate of drug-likeness (QED) is 0.243. The van der Waals surface area contributed by atoms with Crippen LogP contribution in [0.1, 0.15) is 21.6 Å². The van der Waals surface area contributed by atoms with E-state index in [1.165, 1.54) is 0 Å². The van der Waals surface area contributed by atoms with Gasteiger partial charge in [-0.3, -0.25) is 14.2 Å². The Morgan fingerprint density at radius 1 is 0.842 bits per heavy atom. The molecule has 0 unspecified atom stereocenters. The molecule has 1 heterocycles. The summed E-state index contributed by atoms with van der Waals surface area (Å²) in [4.78, 5) is 26.6. The molecule has 38 heavy (non-hydrogen) atoms. The molecule has 0 fully saturated rings. The molecule has 7 heteroatoms. The lowest BCUT2D eigenvalue weighted by Gasteiger charge is -2.09. The summed E-state index contributed by atoms with van der Waals surface area (Å²) in [5, 5.41) is 4.28. The summed E-state index contributed by atoms with van der Waals surface area (Å²) >= 11 is 6.01. The fourth-order valence-electron chi connectivity index (χ4n) is 4.39. The van der Waals surface area contributed by atoms with Gasteiger partial charge in [0.1, 0.15) is 17.2 Å². The van der Waals surface area contributed by atoms with E-state index in [1.54, 1.807) is 66.3 Å². The van der Waals surface area contributed by atoms with E-state index in [4.69, 9.17) is 21.1 Å². The van der Waals surface area contributed by atoms with Crippen LogP contribution in [-0.2, 0) is 11.2 Å². The molecule has 1 amide bonds. The number of halogens is 1. The van der Waals surface area contributed by atoms with Gasteiger partial charge in [-0.2, -0.15) is 0 Å². The number of hydrogen-bond donors (Lipinski definition) is 1. The molecule has 0 atom stereocenters. The average Bonchev–Trinajstić information content (AvgIpc) is 3.20. The fourth-order valence-corrected chi connectivity index (χ4v) is 4.52. The maximum absolute atomic E-state index is 13.5. The minimum absolute atomic E-state index is 0.0820. The predicted molar refractivity (Wildman–Crippen MR) is 150 cm³/mol. The van der Waals surface area contributed by atoms with Crippen molar-refractivity contribution in [3.63, 3.8) is 0 Å². The average molecular weight is 525 g/mol. The number of hydrogen-bond acceptors (Lipinski definition) is 4. The molecule has 0 aliphatic carbocycles. The summed E-state index contributed by atoms with van der Waals surface area (Å²) in [5.41, 5.74) is 3.29. The fraction of sp³-hybridized carbons (Fsp3) is 0.0968. The van der Waals surface area contributed by atoms with Gasteiger partial charge < -0.3 is 14.8 Å². The van der Waals surface area contributed by atoms with E-state index in [0.717, 1.165) is 16.7 Å². The number of methoxy groups -OCH3 is 1. The Morgan fingerprint density at radius 2 is 1.50 bits per heavy atom. The third-order valence-electron chi connectivity index (χ3n) is 6.29. The number of carbonyl (C=O) groups excluding carboxylic acids is 2. The Labute approximate surface area is 225 Å². The summed E-state index contributed by atoms with van der Waals surface area (Å²) in [6.45, 7) is 1.85. The maximum Gasteiger partial charge on any atom is 0.262 e. The van der Waals surface area contributed by atoms with Crippen molar-refractivity contribution < 1.29 is 19.1 Å². The second-order valence-corrected chi connectivity index (χ2v) is 9.20. The highest BCUT2D eigenvalue weighted by molar-refractivity contribution is 6.30. The maximum atomic E-state index is 13.5. The molecular weight excluding hydrogens is 500 g/mol. The minimum atomic E-state index is -0.203. The minimum Gasteiger partial charge on any atom is -0.497 e. The topological polar surface area (TPSA) is 69.6 Å². The third kappa shape index (κ3) is 5.26. The first-order valence-electron chi connectivity index (χ1n) is 12.0.